The Morgan fingerprint density at radius 2 is 0.702 bits per heavy atom. The first-order valence-corrected chi connectivity index (χ1v) is 30.5. The monoisotopic (exact) mass is 1370 g/mol. The van der Waals surface area contributed by atoms with E-state index >= 15 is 0 Å². The van der Waals surface area contributed by atoms with Gasteiger partial charge in [-0.15, -0.1) is 11.8 Å². The van der Waals surface area contributed by atoms with Crippen LogP contribution in [0.5, 0.6) is 0 Å². The van der Waals surface area contributed by atoms with E-state index in [1.165, 1.54) is 29.6 Å². The summed E-state index contributed by atoms with van der Waals surface area (Å²) in [6, 6.07) is 0. The lowest BCUT2D eigenvalue weighted by atomic mass is 9.90. The summed E-state index contributed by atoms with van der Waals surface area (Å²) in [6.07, 6.45) is 7.04. The summed E-state index contributed by atoms with van der Waals surface area (Å²) >= 11 is 8.11. The van der Waals surface area contributed by atoms with Crippen LogP contribution in [0.2, 0.25) is 0 Å². The first-order chi connectivity index (χ1) is 44.7. The molecule has 1 aromatic heterocycles. The summed E-state index contributed by atoms with van der Waals surface area (Å²) in [5.41, 5.74) is -5.42. The van der Waals surface area contributed by atoms with Crippen molar-refractivity contribution in [1.29, 1.82) is 0 Å². The minimum Gasteiger partial charge on any atom is -0.498 e. The van der Waals surface area contributed by atoms with Gasteiger partial charge in [0.1, 0.15) is 94.7 Å². The van der Waals surface area contributed by atoms with Crippen LogP contribution in [0.1, 0.15) is 19.4 Å². The zero-order valence-electron chi connectivity index (χ0n) is 52.8. The Bertz CT molecular complexity index is 2830. The van der Waals surface area contributed by atoms with Gasteiger partial charge in [0.2, 0.25) is 0 Å². The van der Waals surface area contributed by atoms with Crippen LogP contribution < -0.4 is 10.6 Å². The Labute approximate surface area is 559 Å². The highest BCUT2D eigenvalue weighted by molar-refractivity contribution is 7.99. The largest absolute Gasteiger partial charge is 0.498 e. The summed E-state index contributed by atoms with van der Waals surface area (Å²) in [5, 5.41) is 6.14. The van der Waals surface area contributed by atoms with E-state index in [1.807, 2.05) is 6.92 Å². The lowest BCUT2D eigenvalue weighted by Gasteiger charge is -2.35. The fourth-order valence-corrected chi connectivity index (χ4v) is 9.14. The molecule has 0 unspecified atom stereocenters. The van der Waals surface area contributed by atoms with Gasteiger partial charge in [-0.3, -0.25) is 0 Å². The molecule has 31 heteroatoms. The van der Waals surface area contributed by atoms with E-state index in [0.29, 0.717) is 26.8 Å². The summed E-state index contributed by atoms with van der Waals surface area (Å²) in [7, 11) is 0. The van der Waals surface area contributed by atoms with Gasteiger partial charge in [-0.25, -0.2) is 52.9 Å². The van der Waals surface area contributed by atoms with Crippen molar-refractivity contribution in [2.45, 2.75) is 30.5 Å². The number of hydrogen-bond acceptors (Lipinski definition) is 28. The van der Waals surface area contributed by atoms with Crippen LogP contribution in [-0.2, 0) is 111 Å². The Balaban J connectivity index is 3.34. The van der Waals surface area contributed by atoms with E-state index in [4.69, 9.17) is 83.5 Å². The number of thioether (sulfide) groups is 2. The number of nitrogens with one attached hydrogen (secondary N) is 3. The van der Waals surface area contributed by atoms with Gasteiger partial charge in [0, 0.05) is 78.8 Å². The maximum absolute atomic E-state index is 13.4. The molecule has 0 fully saturated rings. The van der Waals surface area contributed by atoms with Crippen molar-refractivity contribution >= 4 is 95.7 Å². The number of aromatic nitrogens is 2. The van der Waals surface area contributed by atoms with Gasteiger partial charge in [0.05, 0.1) is 53.8 Å². The fourth-order valence-electron chi connectivity index (χ4n) is 6.91. The van der Waals surface area contributed by atoms with Gasteiger partial charge in [0.25, 0.3) is 0 Å². The highest BCUT2D eigenvalue weighted by Gasteiger charge is 2.42. The molecule has 0 saturated heterocycles. The summed E-state index contributed by atoms with van der Waals surface area (Å²) in [5.74, 6) is -6.04. The maximum Gasteiger partial charge on any atom is 0.407 e. The van der Waals surface area contributed by atoms with Gasteiger partial charge in [0.15, 0.2) is 5.16 Å². The first-order valence-electron chi connectivity index (χ1n) is 28.2. The number of alkyl carbamates (subject to hydrolysis) is 2. The summed E-state index contributed by atoms with van der Waals surface area (Å²) in [4.78, 5) is 133. The summed E-state index contributed by atoms with van der Waals surface area (Å²) < 4.78 is 78.0. The molecule has 28 nitrogen and oxygen atoms in total. The standard InChI is InChI=1S/C63H82N4O24S3/c1-14-45(13)81-33-61(36-84-49(70)18-5,37-85-50(71)19-6)29-79-31-63(40-88-53(74)22-9,41-89-54(75)23-10)43-91-59(77)65-25-27-94-57-66-55(92)46(15-2)56(67-57)93-26-24-64-58(76)90-42-62(38-86-51(72)20-7,39-87-52(73)21-8)30-78-28-60(32-80-44(11)12,34-82-47(68)16-3)35-83-48(69)17-4/h14,16-23H,1,3-11,13,15,24-43H2,2,12H3,(H,64,76)(H,65,77)(H,66,67,92). The van der Waals surface area contributed by atoms with Gasteiger partial charge in [-0.2, -0.15) is 0 Å². The lowest BCUT2D eigenvalue weighted by Crippen LogP contribution is -2.47. The van der Waals surface area contributed by atoms with Crippen LogP contribution in [0, 0.1) is 26.3 Å². The second-order valence-electron chi connectivity index (χ2n) is 20.1. The van der Waals surface area contributed by atoms with Crippen molar-refractivity contribution in [2.75, 3.05) is 130 Å². The maximum atomic E-state index is 13.4. The van der Waals surface area contributed by atoms with Crippen molar-refractivity contribution in [3.05, 3.63) is 149 Å². The molecule has 0 aliphatic carbocycles. The van der Waals surface area contributed by atoms with Gasteiger partial charge in [-0.05, 0) is 19.4 Å². The second kappa shape index (κ2) is 45.3. The molecular formula is C63H82N4O24S3. The smallest absolute Gasteiger partial charge is 0.407 e. The molecule has 516 valence electrons. The highest BCUT2D eigenvalue weighted by atomic mass is 32.2. The number of amides is 2. The Hall–Kier alpha value is -9.04. The van der Waals surface area contributed by atoms with E-state index in [1.54, 1.807) is 6.92 Å². The molecule has 94 heavy (non-hydrogen) atoms. The van der Waals surface area contributed by atoms with E-state index in [9.17, 15) is 47.9 Å². The molecule has 0 saturated carbocycles. The third-order valence-corrected chi connectivity index (χ3v) is 14.3. The molecule has 1 heterocycles. The van der Waals surface area contributed by atoms with Gasteiger partial charge >= 0.3 is 59.9 Å². The van der Waals surface area contributed by atoms with Crippen molar-refractivity contribution in [2.24, 2.45) is 21.7 Å². The SMILES string of the molecule is C=CC(=C)OCC(COCC(COC(=O)C=C)(COC(=O)C=C)COC(=O)NCCSc1nc(SCCNC(=O)OCC(COCC(COC(=C)C)(COC(=O)C=C)COC(=O)C=C)(COC(=O)C=C)COC(=O)C=C)c(CC)c(=S)[nH]1)(COC(=O)C=C)COC(=O)C=C. The minimum atomic E-state index is -1.63. The average molecular weight is 1380 g/mol. The third kappa shape index (κ3) is 33.5. The normalized spacial score (nSPS) is 11.0. The van der Waals surface area contributed by atoms with Crippen molar-refractivity contribution in [1.82, 2.24) is 20.6 Å². The topological polar surface area (TPSA) is 353 Å². The zero-order chi connectivity index (χ0) is 70.6. The van der Waals surface area contributed by atoms with Crippen LogP contribution >= 0.6 is 35.7 Å². The Morgan fingerprint density at radius 3 is 0.979 bits per heavy atom. The van der Waals surface area contributed by atoms with Gasteiger partial charge in [-0.1, -0.05) is 103 Å². The molecular weight excluding hydrogens is 1290 g/mol. The number of carbonyl (C=O) groups excluding carboxylic acids is 10. The lowest BCUT2D eigenvalue weighted by molar-refractivity contribution is -0.166. The molecule has 0 spiro atoms. The third-order valence-electron chi connectivity index (χ3n) is 12.1. The molecule has 0 aromatic carbocycles. The number of rotatable bonds is 52. The number of allylic oxidation sites excluding steroid dienone is 2. The van der Waals surface area contributed by atoms with Crippen LogP contribution in [0.25, 0.3) is 0 Å². The number of ether oxygens (including phenoxy) is 14. The molecule has 1 aromatic rings. The number of nitrogens with zero attached hydrogens (tertiary/aromatic N) is 1. The first kappa shape index (κ1) is 83.0. The van der Waals surface area contributed by atoms with Crippen molar-refractivity contribution in [3.63, 3.8) is 0 Å². The molecule has 0 radical (unpaired) electrons. The highest BCUT2D eigenvalue weighted by Crippen LogP contribution is 2.30. The molecule has 0 aliphatic rings. The molecule has 0 bridgehead atoms. The van der Waals surface area contributed by atoms with Crippen molar-refractivity contribution < 1.29 is 114 Å². The average Bonchev–Trinajstić information content (AvgIpc) is 0.956. The van der Waals surface area contributed by atoms with Crippen molar-refractivity contribution in [3.8, 4) is 0 Å². The molecule has 0 aliphatic heterocycles. The van der Waals surface area contributed by atoms with E-state index < -0.39 is 167 Å². The Kier molecular flexibility index (Phi) is 40.0. The predicted octanol–water partition coefficient (Wildman–Crippen LogP) is 6.42. The molecule has 2 amide bonds. The second-order valence-corrected chi connectivity index (χ2v) is 22.7. The predicted molar refractivity (Wildman–Crippen MR) is 346 cm³/mol. The quantitative estimate of drug-likeness (QED) is 0.00605. The van der Waals surface area contributed by atoms with E-state index in [-0.39, 0.29) is 55.9 Å². The number of hydrogen-bond donors (Lipinski definition) is 3. The fraction of sp³-hybridized carbons (Fsp3) is 0.429. The number of esters is 8. The minimum absolute atomic E-state index is 0.00593. The van der Waals surface area contributed by atoms with E-state index in [2.05, 4.69) is 88.0 Å². The number of carbonyl (C=O) groups is 10. The number of H-pyrrole nitrogens is 1. The van der Waals surface area contributed by atoms with Gasteiger partial charge < -0.3 is 81.9 Å². The number of aromatic amines is 1. The molecule has 1 rings (SSSR count). The molecule has 3 N–H and O–H groups in total. The summed E-state index contributed by atoms with van der Waals surface area (Å²) in [6.45, 7) is 34.1. The van der Waals surface area contributed by atoms with Crippen LogP contribution in [0.4, 0.5) is 9.59 Å². The van der Waals surface area contributed by atoms with Crippen LogP contribution in [0.3, 0.4) is 0 Å². The van der Waals surface area contributed by atoms with Crippen LogP contribution in [0.15, 0.2) is 149 Å². The Morgan fingerprint density at radius 1 is 0.426 bits per heavy atom. The molecule has 0 atom stereocenters. The van der Waals surface area contributed by atoms with E-state index in [0.717, 1.165) is 48.6 Å². The zero-order valence-corrected chi connectivity index (χ0v) is 55.2. The van der Waals surface area contributed by atoms with Crippen LogP contribution in [-0.4, -0.2) is 200 Å².